The molecule has 1 N–H and O–H groups in total. The Balaban J connectivity index is 2.49. The zero-order valence-corrected chi connectivity index (χ0v) is 12.6. The van der Waals surface area contributed by atoms with Crippen LogP contribution >= 0.6 is 0 Å². The molecule has 0 aliphatic carbocycles. The zero-order chi connectivity index (χ0) is 15.0. The normalized spacial score (nSPS) is 12.4. The second-order valence-corrected chi connectivity index (χ2v) is 5.06. The molecule has 0 fully saturated rings. The highest BCUT2D eigenvalue weighted by molar-refractivity contribution is 5.90. The van der Waals surface area contributed by atoms with Crippen molar-refractivity contribution in [3.63, 3.8) is 0 Å². The number of nitrogens with zero attached hydrogens (tertiary/aromatic N) is 1. The quantitative estimate of drug-likeness (QED) is 0.754. The summed E-state index contributed by atoms with van der Waals surface area (Å²) in [5.74, 6) is 0.161. The average Bonchev–Trinajstić information content (AvgIpc) is 2.46. The molecule has 1 unspecified atom stereocenters. The number of rotatable bonds is 9. The highest BCUT2D eigenvalue weighted by atomic mass is 16.5. The van der Waals surface area contributed by atoms with Gasteiger partial charge in [-0.05, 0) is 24.6 Å². The van der Waals surface area contributed by atoms with Crippen LogP contribution in [0.5, 0.6) is 5.75 Å². The van der Waals surface area contributed by atoms with E-state index in [9.17, 15) is 4.79 Å². The second-order valence-electron chi connectivity index (χ2n) is 5.06. The average molecular weight is 279 g/mol. The Morgan fingerprint density at radius 3 is 2.65 bits per heavy atom. The van der Waals surface area contributed by atoms with Crippen molar-refractivity contribution in [2.75, 3.05) is 26.2 Å². The fraction of sp³-hybridized carbons (Fsp3) is 0.562. The van der Waals surface area contributed by atoms with E-state index in [1.807, 2.05) is 0 Å². The van der Waals surface area contributed by atoms with Crippen LogP contribution in [0.3, 0.4) is 0 Å². The van der Waals surface area contributed by atoms with Crippen LogP contribution < -0.4 is 4.74 Å². The molecule has 0 amide bonds. The molecule has 0 heterocycles. The van der Waals surface area contributed by atoms with Crippen LogP contribution in [0, 0.1) is 5.92 Å². The monoisotopic (exact) mass is 279 g/mol. The number of carboxylic acids is 1. The van der Waals surface area contributed by atoms with Crippen molar-refractivity contribution in [1.29, 1.82) is 0 Å². The van der Waals surface area contributed by atoms with Crippen molar-refractivity contribution in [2.45, 2.75) is 27.2 Å². The number of hydrogen-bond acceptors (Lipinski definition) is 3. The summed E-state index contributed by atoms with van der Waals surface area (Å²) in [6.07, 6.45) is 1.17. The number of ether oxygens (including phenoxy) is 1. The minimum Gasteiger partial charge on any atom is -0.491 e. The van der Waals surface area contributed by atoms with Crippen molar-refractivity contribution in [3.8, 4) is 5.75 Å². The molecule has 0 aliphatic rings. The molecule has 0 bridgehead atoms. The summed E-state index contributed by atoms with van der Waals surface area (Å²) in [6, 6.07) is 6.76. The van der Waals surface area contributed by atoms with E-state index in [0.717, 1.165) is 19.6 Å². The molecular weight excluding hydrogens is 254 g/mol. The van der Waals surface area contributed by atoms with E-state index in [4.69, 9.17) is 9.84 Å². The first-order valence-corrected chi connectivity index (χ1v) is 7.25. The van der Waals surface area contributed by atoms with Gasteiger partial charge in [0.1, 0.15) is 17.9 Å². The van der Waals surface area contributed by atoms with Crippen molar-refractivity contribution in [3.05, 3.63) is 29.8 Å². The van der Waals surface area contributed by atoms with Crippen molar-refractivity contribution >= 4 is 5.97 Å². The Bertz CT molecular complexity index is 420. The molecule has 112 valence electrons. The number of para-hydroxylation sites is 1. The van der Waals surface area contributed by atoms with E-state index in [1.165, 1.54) is 6.42 Å². The zero-order valence-electron chi connectivity index (χ0n) is 12.6. The van der Waals surface area contributed by atoms with Gasteiger partial charge in [-0.3, -0.25) is 4.90 Å². The summed E-state index contributed by atoms with van der Waals surface area (Å²) in [6.45, 7) is 9.92. The molecule has 1 atom stereocenters. The molecule has 0 aromatic heterocycles. The SMILES string of the molecule is CCC(C)CN(CC)CCOc1ccccc1C(=O)O. The molecule has 1 rings (SSSR count). The third kappa shape index (κ3) is 5.21. The third-order valence-corrected chi connectivity index (χ3v) is 3.50. The fourth-order valence-electron chi connectivity index (χ4n) is 2.00. The summed E-state index contributed by atoms with van der Waals surface area (Å²) in [4.78, 5) is 13.4. The summed E-state index contributed by atoms with van der Waals surface area (Å²) in [5.41, 5.74) is 0.220. The summed E-state index contributed by atoms with van der Waals surface area (Å²) in [5, 5.41) is 9.08. The van der Waals surface area contributed by atoms with Crippen LogP contribution in [-0.4, -0.2) is 42.2 Å². The van der Waals surface area contributed by atoms with Gasteiger partial charge in [-0.25, -0.2) is 4.79 Å². The van der Waals surface area contributed by atoms with Crippen LogP contribution in [-0.2, 0) is 0 Å². The predicted molar refractivity (Wildman–Crippen MR) is 80.5 cm³/mol. The second kappa shape index (κ2) is 8.59. The van der Waals surface area contributed by atoms with Crippen molar-refractivity contribution in [1.82, 2.24) is 4.90 Å². The van der Waals surface area contributed by atoms with E-state index in [0.29, 0.717) is 18.3 Å². The van der Waals surface area contributed by atoms with Gasteiger partial charge in [-0.2, -0.15) is 0 Å². The number of carboxylic acid groups (broad SMARTS) is 1. The summed E-state index contributed by atoms with van der Waals surface area (Å²) < 4.78 is 5.62. The van der Waals surface area contributed by atoms with E-state index in [1.54, 1.807) is 24.3 Å². The molecule has 0 aliphatic heterocycles. The van der Waals surface area contributed by atoms with Gasteiger partial charge in [0, 0.05) is 13.1 Å². The van der Waals surface area contributed by atoms with Crippen LogP contribution in [0.25, 0.3) is 0 Å². The van der Waals surface area contributed by atoms with Crippen LogP contribution in [0.1, 0.15) is 37.6 Å². The van der Waals surface area contributed by atoms with Gasteiger partial charge in [0.25, 0.3) is 0 Å². The maximum absolute atomic E-state index is 11.1. The number of hydrogen-bond donors (Lipinski definition) is 1. The molecule has 4 heteroatoms. The molecule has 0 spiro atoms. The number of benzene rings is 1. The summed E-state index contributed by atoms with van der Waals surface area (Å²) in [7, 11) is 0. The Kier molecular flexibility index (Phi) is 7.09. The van der Waals surface area contributed by atoms with Crippen molar-refractivity contribution < 1.29 is 14.6 Å². The van der Waals surface area contributed by atoms with E-state index in [-0.39, 0.29) is 5.56 Å². The number of aromatic carboxylic acids is 1. The molecule has 0 radical (unpaired) electrons. The first-order valence-electron chi connectivity index (χ1n) is 7.25. The maximum atomic E-state index is 11.1. The lowest BCUT2D eigenvalue weighted by Gasteiger charge is -2.23. The lowest BCUT2D eigenvalue weighted by molar-refractivity contribution is 0.0691. The van der Waals surface area contributed by atoms with Crippen LogP contribution in [0.4, 0.5) is 0 Å². The molecule has 0 saturated heterocycles. The lowest BCUT2D eigenvalue weighted by atomic mass is 10.1. The molecule has 0 saturated carbocycles. The minimum atomic E-state index is -0.951. The maximum Gasteiger partial charge on any atom is 0.339 e. The molecule has 1 aromatic rings. The van der Waals surface area contributed by atoms with E-state index < -0.39 is 5.97 Å². The largest absolute Gasteiger partial charge is 0.491 e. The minimum absolute atomic E-state index is 0.220. The molecule has 20 heavy (non-hydrogen) atoms. The Morgan fingerprint density at radius 2 is 2.05 bits per heavy atom. The van der Waals surface area contributed by atoms with Gasteiger partial charge < -0.3 is 9.84 Å². The Hall–Kier alpha value is -1.55. The highest BCUT2D eigenvalue weighted by Gasteiger charge is 2.11. The smallest absolute Gasteiger partial charge is 0.339 e. The van der Waals surface area contributed by atoms with Gasteiger partial charge >= 0.3 is 5.97 Å². The van der Waals surface area contributed by atoms with Crippen molar-refractivity contribution in [2.24, 2.45) is 5.92 Å². The van der Waals surface area contributed by atoms with Gasteiger partial charge in [-0.1, -0.05) is 39.3 Å². The predicted octanol–water partition coefficient (Wildman–Crippen LogP) is 3.13. The topological polar surface area (TPSA) is 49.8 Å². The van der Waals surface area contributed by atoms with Gasteiger partial charge in [-0.15, -0.1) is 0 Å². The third-order valence-electron chi connectivity index (χ3n) is 3.50. The van der Waals surface area contributed by atoms with Gasteiger partial charge in [0.05, 0.1) is 0 Å². The van der Waals surface area contributed by atoms with E-state index in [2.05, 4.69) is 25.7 Å². The summed E-state index contributed by atoms with van der Waals surface area (Å²) >= 11 is 0. The first-order chi connectivity index (χ1) is 9.58. The number of carbonyl (C=O) groups is 1. The Labute approximate surface area is 121 Å². The fourth-order valence-corrected chi connectivity index (χ4v) is 2.00. The van der Waals surface area contributed by atoms with Crippen LogP contribution in [0.2, 0.25) is 0 Å². The van der Waals surface area contributed by atoms with E-state index >= 15 is 0 Å². The first kappa shape index (κ1) is 16.5. The van der Waals surface area contributed by atoms with Crippen LogP contribution in [0.15, 0.2) is 24.3 Å². The van der Waals surface area contributed by atoms with Gasteiger partial charge in [0.15, 0.2) is 0 Å². The number of likely N-dealkylation sites (N-methyl/N-ethyl adjacent to an activating group) is 1. The van der Waals surface area contributed by atoms with Gasteiger partial charge in [0.2, 0.25) is 0 Å². The standard InChI is InChI=1S/C16H25NO3/c1-4-13(3)12-17(5-2)10-11-20-15-9-7-6-8-14(15)16(18)19/h6-9,13H,4-5,10-12H2,1-3H3,(H,18,19). The Morgan fingerprint density at radius 1 is 1.35 bits per heavy atom. The molecular formula is C16H25NO3. The lowest BCUT2D eigenvalue weighted by Crippen LogP contribution is -2.32. The highest BCUT2D eigenvalue weighted by Crippen LogP contribution is 2.17. The molecule has 4 nitrogen and oxygen atoms in total. The molecule has 1 aromatic carbocycles.